The lowest BCUT2D eigenvalue weighted by Crippen LogP contribution is -2.17. The predicted molar refractivity (Wildman–Crippen MR) is 143 cm³/mol. The molecule has 2 N–H and O–H groups in total. The number of anilines is 2. The monoisotopic (exact) mass is 478 g/mol. The van der Waals surface area contributed by atoms with Gasteiger partial charge in [-0.1, -0.05) is 60.7 Å². The van der Waals surface area contributed by atoms with E-state index < -0.39 is 0 Å². The Morgan fingerprint density at radius 1 is 0.943 bits per heavy atom. The highest BCUT2D eigenvalue weighted by atomic mass is 32.1. The zero-order valence-corrected chi connectivity index (χ0v) is 19.8. The maximum Gasteiger partial charge on any atom is 0.271 e. The van der Waals surface area contributed by atoms with Gasteiger partial charge in [0, 0.05) is 27.8 Å². The molecule has 1 amide bonds. The number of nitrogens with zero attached hydrogens (tertiary/aromatic N) is 2. The van der Waals surface area contributed by atoms with E-state index in [9.17, 15) is 4.79 Å². The van der Waals surface area contributed by atoms with E-state index in [1.165, 1.54) is 11.3 Å². The number of carbonyl (C=O) groups is 1. The first kappa shape index (κ1) is 22.3. The highest BCUT2D eigenvalue weighted by molar-refractivity contribution is 7.14. The van der Waals surface area contributed by atoms with Gasteiger partial charge in [0.25, 0.3) is 5.91 Å². The summed E-state index contributed by atoms with van der Waals surface area (Å²) in [4.78, 5) is 17.3. The molecule has 0 aliphatic carbocycles. The van der Waals surface area contributed by atoms with Gasteiger partial charge in [-0.3, -0.25) is 4.79 Å². The lowest BCUT2D eigenvalue weighted by atomic mass is 10.0. The van der Waals surface area contributed by atoms with Crippen LogP contribution in [0.15, 0.2) is 101 Å². The van der Waals surface area contributed by atoms with Gasteiger partial charge in [-0.2, -0.15) is 5.10 Å². The quantitative estimate of drug-likeness (QED) is 0.207. The molecule has 4 aromatic carbocycles. The largest absolute Gasteiger partial charge is 0.496 e. The minimum atomic E-state index is -0.295. The first-order valence-corrected chi connectivity index (χ1v) is 11.9. The maximum absolute atomic E-state index is 12.6. The topological polar surface area (TPSA) is 75.6 Å². The molecule has 35 heavy (non-hydrogen) atoms. The SMILES string of the molecule is COc1ccc2ccccc2c1/C=N\NC(=O)c1ccc(-c2csc(Nc3ccccc3)n2)cc1. The van der Waals surface area contributed by atoms with Crippen molar-refractivity contribution in [1.82, 2.24) is 10.4 Å². The van der Waals surface area contributed by atoms with Gasteiger partial charge in [-0.25, -0.2) is 10.4 Å². The van der Waals surface area contributed by atoms with Crippen LogP contribution in [0.3, 0.4) is 0 Å². The zero-order valence-electron chi connectivity index (χ0n) is 18.9. The molecule has 0 fully saturated rings. The van der Waals surface area contributed by atoms with Gasteiger partial charge < -0.3 is 10.1 Å². The van der Waals surface area contributed by atoms with Gasteiger partial charge >= 0.3 is 0 Å². The third kappa shape index (κ3) is 5.05. The summed E-state index contributed by atoms with van der Waals surface area (Å²) in [5, 5.41) is 12.3. The Kier molecular flexibility index (Phi) is 6.50. The van der Waals surface area contributed by atoms with Crippen molar-refractivity contribution < 1.29 is 9.53 Å². The van der Waals surface area contributed by atoms with Crippen LogP contribution in [0.25, 0.3) is 22.0 Å². The molecule has 0 atom stereocenters. The normalized spacial score (nSPS) is 11.0. The fourth-order valence-corrected chi connectivity index (χ4v) is 4.45. The number of para-hydroxylation sites is 1. The fourth-order valence-electron chi connectivity index (χ4n) is 3.71. The van der Waals surface area contributed by atoms with E-state index in [-0.39, 0.29) is 5.91 Å². The van der Waals surface area contributed by atoms with Gasteiger partial charge in [0.15, 0.2) is 5.13 Å². The van der Waals surface area contributed by atoms with Crippen LogP contribution in [0.4, 0.5) is 10.8 Å². The molecular weight excluding hydrogens is 456 g/mol. The fraction of sp³-hybridized carbons (Fsp3) is 0.0357. The highest BCUT2D eigenvalue weighted by Gasteiger charge is 2.09. The van der Waals surface area contributed by atoms with E-state index in [2.05, 4.69) is 20.8 Å². The minimum absolute atomic E-state index is 0.295. The Balaban J connectivity index is 1.26. The van der Waals surface area contributed by atoms with Crippen molar-refractivity contribution in [1.29, 1.82) is 0 Å². The Morgan fingerprint density at radius 3 is 2.51 bits per heavy atom. The van der Waals surface area contributed by atoms with Crippen molar-refractivity contribution in [3.8, 4) is 17.0 Å². The number of aromatic nitrogens is 1. The van der Waals surface area contributed by atoms with Gasteiger partial charge in [-0.15, -0.1) is 11.3 Å². The molecule has 172 valence electrons. The molecule has 0 radical (unpaired) electrons. The van der Waals surface area contributed by atoms with Crippen molar-refractivity contribution in [3.63, 3.8) is 0 Å². The van der Waals surface area contributed by atoms with Crippen LogP contribution in [0.2, 0.25) is 0 Å². The molecule has 0 aliphatic heterocycles. The van der Waals surface area contributed by atoms with Crippen LogP contribution < -0.4 is 15.5 Å². The summed E-state index contributed by atoms with van der Waals surface area (Å²) in [6.45, 7) is 0. The van der Waals surface area contributed by atoms with E-state index in [1.807, 2.05) is 84.2 Å². The molecule has 6 nitrogen and oxygen atoms in total. The number of hydrogen-bond donors (Lipinski definition) is 2. The van der Waals surface area contributed by atoms with Crippen LogP contribution >= 0.6 is 11.3 Å². The number of nitrogens with one attached hydrogen (secondary N) is 2. The number of hydrogen-bond acceptors (Lipinski definition) is 6. The van der Waals surface area contributed by atoms with Crippen molar-refractivity contribution in [3.05, 3.63) is 108 Å². The first-order valence-electron chi connectivity index (χ1n) is 11.0. The zero-order chi connectivity index (χ0) is 24.0. The average molecular weight is 479 g/mol. The van der Waals surface area contributed by atoms with Gasteiger partial charge in [0.1, 0.15) is 5.75 Å². The standard InChI is InChI=1S/C28H22N4O2S/c1-34-26-16-15-19-7-5-6-10-23(19)24(26)17-29-32-27(33)21-13-11-20(12-14-21)25-18-35-28(31-25)30-22-8-3-2-4-9-22/h2-18H,1H3,(H,30,31)(H,32,33)/b29-17-. The van der Waals surface area contributed by atoms with Gasteiger partial charge in [-0.05, 0) is 41.1 Å². The molecule has 0 unspecified atom stereocenters. The second kappa shape index (κ2) is 10.2. The number of rotatable bonds is 7. The molecule has 1 aromatic heterocycles. The second-order valence-electron chi connectivity index (χ2n) is 7.71. The maximum atomic E-state index is 12.6. The highest BCUT2D eigenvalue weighted by Crippen LogP contribution is 2.28. The summed E-state index contributed by atoms with van der Waals surface area (Å²) in [6.07, 6.45) is 1.62. The molecule has 5 aromatic rings. The Morgan fingerprint density at radius 2 is 1.71 bits per heavy atom. The lowest BCUT2D eigenvalue weighted by molar-refractivity contribution is 0.0955. The van der Waals surface area contributed by atoms with Crippen LogP contribution in [-0.2, 0) is 0 Å². The summed E-state index contributed by atoms with van der Waals surface area (Å²) >= 11 is 1.53. The number of fused-ring (bicyclic) bond motifs is 1. The van der Waals surface area contributed by atoms with Crippen LogP contribution in [-0.4, -0.2) is 24.2 Å². The van der Waals surface area contributed by atoms with E-state index in [4.69, 9.17) is 4.74 Å². The van der Waals surface area contributed by atoms with Crippen molar-refractivity contribution >= 4 is 45.0 Å². The molecular formula is C28H22N4O2S. The minimum Gasteiger partial charge on any atom is -0.496 e. The van der Waals surface area contributed by atoms with Crippen LogP contribution in [0, 0.1) is 0 Å². The smallest absolute Gasteiger partial charge is 0.271 e. The Hall–Kier alpha value is -4.49. The van der Waals surface area contributed by atoms with Crippen molar-refractivity contribution in [2.75, 3.05) is 12.4 Å². The van der Waals surface area contributed by atoms with E-state index in [0.717, 1.165) is 38.4 Å². The number of amides is 1. The number of benzene rings is 4. The number of carbonyl (C=O) groups excluding carboxylic acids is 1. The summed E-state index contributed by atoms with van der Waals surface area (Å²) in [5.74, 6) is 0.396. The molecule has 7 heteroatoms. The predicted octanol–water partition coefficient (Wildman–Crippen LogP) is 6.48. The van der Waals surface area contributed by atoms with Crippen LogP contribution in [0.1, 0.15) is 15.9 Å². The first-order chi connectivity index (χ1) is 17.2. The summed E-state index contributed by atoms with van der Waals surface area (Å²) in [7, 11) is 1.62. The second-order valence-corrected chi connectivity index (χ2v) is 8.57. The van der Waals surface area contributed by atoms with E-state index in [1.54, 1.807) is 25.5 Å². The lowest BCUT2D eigenvalue weighted by Gasteiger charge is -2.08. The van der Waals surface area contributed by atoms with Gasteiger partial charge in [0.2, 0.25) is 0 Å². The summed E-state index contributed by atoms with van der Waals surface area (Å²) < 4.78 is 5.47. The number of thiazole rings is 1. The molecule has 0 spiro atoms. The molecule has 0 saturated heterocycles. The number of ether oxygens (including phenoxy) is 1. The average Bonchev–Trinajstić information content (AvgIpc) is 3.37. The summed E-state index contributed by atoms with van der Waals surface area (Å²) in [5.41, 5.74) is 6.69. The number of methoxy groups -OCH3 is 1. The van der Waals surface area contributed by atoms with Crippen molar-refractivity contribution in [2.45, 2.75) is 0 Å². The molecule has 5 rings (SSSR count). The van der Waals surface area contributed by atoms with E-state index >= 15 is 0 Å². The van der Waals surface area contributed by atoms with Gasteiger partial charge in [0.05, 0.1) is 19.0 Å². The molecule has 0 aliphatic rings. The third-order valence-electron chi connectivity index (χ3n) is 5.48. The summed E-state index contributed by atoms with van der Waals surface area (Å²) in [6, 6.07) is 29.1. The molecule has 1 heterocycles. The molecule has 0 saturated carbocycles. The van der Waals surface area contributed by atoms with E-state index in [0.29, 0.717) is 11.3 Å². The van der Waals surface area contributed by atoms with Crippen molar-refractivity contribution in [2.24, 2.45) is 5.10 Å². The third-order valence-corrected chi connectivity index (χ3v) is 6.24. The van der Waals surface area contributed by atoms with Crippen LogP contribution in [0.5, 0.6) is 5.75 Å². The Labute approximate surface area is 206 Å². The number of hydrazone groups is 1. The Bertz CT molecular complexity index is 1490. The molecule has 0 bridgehead atoms.